The van der Waals surface area contributed by atoms with Gasteiger partial charge in [0.2, 0.25) is 12.2 Å². The average Bonchev–Trinajstić information content (AvgIpc) is 1.87. The summed E-state index contributed by atoms with van der Waals surface area (Å²) in [6.07, 6.45) is 3.13. The van der Waals surface area contributed by atoms with Crippen molar-refractivity contribution < 1.29 is 0 Å². The molecular formula is C4H5N5. The lowest BCUT2D eigenvalue weighted by Gasteiger charge is -2.02. The number of hydrogen-bond acceptors (Lipinski definition) is 3. The second kappa shape index (κ2) is 3.28. The number of nitrogens with two attached hydrogens (primary N) is 1. The zero-order valence-electron chi connectivity index (χ0n) is 4.87. The maximum Gasteiger partial charge on any atom is 0.220 e. The van der Waals surface area contributed by atoms with E-state index in [0.717, 1.165) is 4.90 Å². The molecule has 9 heavy (non-hydrogen) atoms. The lowest BCUT2D eigenvalue weighted by atomic mass is 10.8. The van der Waals surface area contributed by atoms with Crippen LogP contribution in [0.1, 0.15) is 0 Å². The first-order valence-corrected chi connectivity index (χ1v) is 2.08. The predicted octanol–water partition coefficient (Wildman–Crippen LogP) is -0.805. The van der Waals surface area contributed by atoms with Crippen LogP contribution >= 0.6 is 0 Å². The summed E-state index contributed by atoms with van der Waals surface area (Å²) in [7, 11) is 1.41. The van der Waals surface area contributed by atoms with Gasteiger partial charge in [0.05, 0.1) is 0 Å². The van der Waals surface area contributed by atoms with Gasteiger partial charge in [0.1, 0.15) is 0 Å². The topological polar surface area (TPSA) is 89.2 Å². The Bertz CT molecular complexity index is 192. The van der Waals surface area contributed by atoms with Crippen LogP contribution in [0.25, 0.3) is 0 Å². The van der Waals surface area contributed by atoms with Crippen molar-refractivity contribution in [1.82, 2.24) is 4.90 Å². The van der Waals surface area contributed by atoms with Crippen LogP contribution < -0.4 is 5.73 Å². The lowest BCUT2D eigenvalue weighted by molar-refractivity contribution is 0.701. The third-order valence-electron chi connectivity index (χ3n) is 0.658. The van der Waals surface area contributed by atoms with Crippen LogP contribution in [0.2, 0.25) is 0 Å². The van der Waals surface area contributed by atoms with Crippen molar-refractivity contribution in [1.29, 1.82) is 10.5 Å². The smallest absolute Gasteiger partial charge is 0.220 e. The Kier molecular flexibility index (Phi) is 2.64. The minimum absolute atomic E-state index is 0.0972. The van der Waals surface area contributed by atoms with Gasteiger partial charge in [-0.05, 0) is 0 Å². The predicted molar refractivity (Wildman–Crippen MR) is 30.6 cm³/mol. The van der Waals surface area contributed by atoms with Gasteiger partial charge in [-0.25, -0.2) is 0 Å². The van der Waals surface area contributed by atoms with Crippen LogP contribution in [0.3, 0.4) is 0 Å². The van der Waals surface area contributed by atoms with Crippen molar-refractivity contribution in [2.45, 2.75) is 0 Å². The number of nitriles is 2. The molecule has 5 heteroatoms. The van der Waals surface area contributed by atoms with Crippen LogP contribution in [0.15, 0.2) is 4.99 Å². The van der Waals surface area contributed by atoms with Gasteiger partial charge in [0.15, 0.2) is 6.19 Å². The van der Waals surface area contributed by atoms with E-state index >= 15 is 0 Å². The molecule has 0 amide bonds. The van der Waals surface area contributed by atoms with Crippen LogP contribution in [-0.4, -0.2) is 17.9 Å². The van der Waals surface area contributed by atoms with Crippen molar-refractivity contribution in [3.05, 3.63) is 0 Å². The Hall–Kier alpha value is -1.75. The molecule has 0 aromatic rings. The van der Waals surface area contributed by atoms with E-state index in [9.17, 15) is 0 Å². The molecule has 0 saturated heterocycles. The molecule has 0 aromatic carbocycles. The van der Waals surface area contributed by atoms with E-state index in [4.69, 9.17) is 16.3 Å². The minimum Gasteiger partial charge on any atom is -0.368 e. The van der Waals surface area contributed by atoms with Crippen LogP contribution in [-0.2, 0) is 0 Å². The molecule has 0 radical (unpaired) electrons. The van der Waals surface area contributed by atoms with Gasteiger partial charge in [-0.15, -0.1) is 4.99 Å². The molecule has 0 spiro atoms. The molecule has 0 unspecified atom stereocenters. The molecule has 0 fully saturated rings. The van der Waals surface area contributed by atoms with Crippen molar-refractivity contribution >= 4 is 5.96 Å². The van der Waals surface area contributed by atoms with E-state index in [1.54, 1.807) is 6.19 Å². The summed E-state index contributed by atoms with van der Waals surface area (Å²) < 4.78 is 0. The first kappa shape index (κ1) is 7.25. The zero-order valence-corrected chi connectivity index (χ0v) is 4.87. The Balaban J connectivity index is 4.10. The highest BCUT2D eigenvalue weighted by Gasteiger charge is 1.95. The van der Waals surface area contributed by atoms with Crippen molar-refractivity contribution in [2.75, 3.05) is 7.05 Å². The third kappa shape index (κ3) is 2.15. The summed E-state index contributed by atoms with van der Waals surface area (Å²) >= 11 is 0. The maximum absolute atomic E-state index is 8.14. The number of rotatable bonds is 0. The molecule has 5 nitrogen and oxygen atoms in total. The summed E-state index contributed by atoms with van der Waals surface area (Å²) in [4.78, 5) is 4.09. The standard InChI is InChI=1S/C4H5N5/c1-9(3-6)4(7)8-2-5/h1H3,(H2,7,8). The van der Waals surface area contributed by atoms with Crippen LogP contribution in [0.5, 0.6) is 0 Å². The fourth-order valence-corrected chi connectivity index (χ4v) is 0.177. The Morgan fingerprint density at radius 1 is 1.67 bits per heavy atom. The van der Waals surface area contributed by atoms with E-state index in [1.807, 2.05) is 0 Å². The van der Waals surface area contributed by atoms with Gasteiger partial charge in [0, 0.05) is 7.05 Å². The first-order chi connectivity index (χ1) is 4.22. The highest BCUT2D eigenvalue weighted by atomic mass is 15.2. The molecule has 0 heterocycles. The molecule has 0 rings (SSSR count). The fraction of sp³-hybridized carbons (Fsp3) is 0.250. The molecule has 0 aliphatic rings. The van der Waals surface area contributed by atoms with Crippen LogP contribution in [0, 0.1) is 22.9 Å². The molecule has 46 valence electrons. The monoisotopic (exact) mass is 123 g/mol. The highest BCUT2D eigenvalue weighted by Crippen LogP contribution is 1.75. The quantitative estimate of drug-likeness (QED) is 0.197. The second-order valence-electron chi connectivity index (χ2n) is 1.23. The Labute approximate surface area is 52.6 Å². The van der Waals surface area contributed by atoms with Crippen molar-refractivity contribution in [2.24, 2.45) is 10.7 Å². The number of aliphatic imine (C=N–C) groups is 1. The SMILES string of the molecule is CN(C#N)C(N)=NC#N. The van der Waals surface area contributed by atoms with E-state index in [-0.39, 0.29) is 5.96 Å². The Morgan fingerprint density at radius 3 is 2.56 bits per heavy atom. The van der Waals surface area contributed by atoms with Gasteiger partial charge in [-0.2, -0.15) is 10.5 Å². The van der Waals surface area contributed by atoms with E-state index < -0.39 is 0 Å². The number of guanidine groups is 1. The molecule has 0 bridgehead atoms. The summed E-state index contributed by atoms with van der Waals surface area (Å²) in [5.41, 5.74) is 5.07. The largest absolute Gasteiger partial charge is 0.368 e. The molecule has 0 aliphatic heterocycles. The zero-order chi connectivity index (χ0) is 7.28. The Morgan fingerprint density at radius 2 is 2.22 bits per heavy atom. The van der Waals surface area contributed by atoms with Crippen molar-refractivity contribution in [3.63, 3.8) is 0 Å². The molecular weight excluding hydrogens is 118 g/mol. The maximum atomic E-state index is 8.14. The van der Waals surface area contributed by atoms with Crippen molar-refractivity contribution in [3.8, 4) is 12.4 Å². The number of hydrogen-bond donors (Lipinski definition) is 1. The van der Waals surface area contributed by atoms with Gasteiger partial charge < -0.3 is 5.73 Å². The van der Waals surface area contributed by atoms with Gasteiger partial charge in [0.25, 0.3) is 0 Å². The van der Waals surface area contributed by atoms with E-state index in [0.29, 0.717) is 0 Å². The summed E-state index contributed by atoms with van der Waals surface area (Å²) in [6.45, 7) is 0. The summed E-state index contributed by atoms with van der Waals surface area (Å²) in [5, 5.41) is 16.1. The second-order valence-corrected chi connectivity index (χ2v) is 1.23. The first-order valence-electron chi connectivity index (χ1n) is 2.08. The van der Waals surface area contributed by atoms with Crippen LogP contribution in [0.4, 0.5) is 0 Å². The molecule has 0 aliphatic carbocycles. The van der Waals surface area contributed by atoms with E-state index in [1.165, 1.54) is 13.2 Å². The highest BCUT2D eigenvalue weighted by molar-refractivity contribution is 5.79. The molecule has 0 atom stereocenters. The lowest BCUT2D eigenvalue weighted by Crippen LogP contribution is -2.29. The van der Waals surface area contributed by atoms with Gasteiger partial charge in [-0.1, -0.05) is 0 Å². The molecule has 0 aromatic heterocycles. The molecule has 0 saturated carbocycles. The average molecular weight is 123 g/mol. The van der Waals surface area contributed by atoms with Gasteiger partial charge in [-0.3, -0.25) is 4.90 Å². The number of nitrogens with zero attached hydrogens (tertiary/aromatic N) is 4. The van der Waals surface area contributed by atoms with E-state index in [2.05, 4.69) is 4.99 Å². The fourth-order valence-electron chi connectivity index (χ4n) is 0.177. The summed E-state index contributed by atoms with van der Waals surface area (Å²) in [6, 6.07) is 0. The third-order valence-corrected chi connectivity index (χ3v) is 0.658. The normalized spacial score (nSPS) is 9.44. The summed E-state index contributed by atoms with van der Waals surface area (Å²) in [5.74, 6) is -0.0972. The molecule has 2 N–H and O–H groups in total. The van der Waals surface area contributed by atoms with Gasteiger partial charge >= 0.3 is 0 Å². The minimum atomic E-state index is -0.0972.